The molecule has 0 amide bonds. The van der Waals surface area contributed by atoms with Crippen molar-refractivity contribution in [3.05, 3.63) is 12.2 Å². The van der Waals surface area contributed by atoms with Crippen molar-refractivity contribution in [2.45, 2.75) is 40.0 Å². The van der Waals surface area contributed by atoms with Crippen molar-refractivity contribution in [3.8, 4) is 0 Å². The smallest absolute Gasteiger partial charge is 0.142 e. The molecule has 0 rings (SSSR count). The number of hydrogen-bond donors (Lipinski definition) is 0. The molecule has 0 aliphatic carbocycles. The van der Waals surface area contributed by atoms with Gasteiger partial charge in [-0.1, -0.05) is 39.7 Å². The Labute approximate surface area is 75.9 Å². The second kappa shape index (κ2) is 7.08. The van der Waals surface area contributed by atoms with Crippen LogP contribution in [0.25, 0.3) is 0 Å². The first kappa shape index (κ1) is 11.4. The Balaban J connectivity index is 3.49. The Morgan fingerprint density at radius 3 is 2.42 bits per heavy atom. The zero-order valence-corrected chi connectivity index (χ0v) is 8.42. The van der Waals surface area contributed by atoms with Gasteiger partial charge in [-0.25, -0.2) is 0 Å². The van der Waals surface area contributed by atoms with Crippen molar-refractivity contribution in [1.82, 2.24) is 0 Å². The van der Waals surface area contributed by atoms with Crippen LogP contribution in [0.15, 0.2) is 12.2 Å². The van der Waals surface area contributed by atoms with Crippen LogP contribution < -0.4 is 0 Å². The van der Waals surface area contributed by atoms with Crippen molar-refractivity contribution in [2.75, 3.05) is 0 Å². The monoisotopic (exact) mass is 168 g/mol. The van der Waals surface area contributed by atoms with Gasteiger partial charge in [0.05, 0.1) is 0 Å². The lowest BCUT2D eigenvalue weighted by Crippen LogP contribution is -1.96. The summed E-state index contributed by atoms with van der Waals surface area (Å²) in [5.74, 6) is 1.36. The minimum Gasteiger partial charge on any atom is -0.299 e. The van der Waals surface area contributed by atoms with E-state index in [0.29, 0.717) is 5.92 Å². The first-order valence-corrected chi connectivity index (χ1v) is 4.82. The van der Waals surface area contributed by atoms with E-state index < -0.39 is 0 Å². The molecule has 0 aliphatic heterocycles. The van der Waals surface area contributed by atoms with E-state index in [-0.39, 0.29) is 0 Å². The van der Waals surface area contributed by atoms with Crippen LogP contribution in [0.1, 0.15) is 40.0 Å². The average Bonchev–Trinajstić information content (AvgIpc) is 2.10. The summed E-state index contributed by atoms with van der Waals surface area (Å²) >= 11 is 0. The van der Waals surface area contributed by atoms with E-state index in [1.165, 1.54) is 19.3 Å². The average molecular weight is 168 g/mol. The lowest BCUT2D eigenvalue weighted by Gasteiger charge is -2.10. The molecule has 2 atom stereocenters. The minimum atomic E-state index is 0.546. The maximum absolute atomic E-state index is 10.0. The molecule has 2 unspecified atom stereocenters. The van der Waals surface area contributed by atoms with Gasteiger partial charge in [-0.15, -0.1) is 0 Å². The SMILES string of the molecule is CCC(C)CCC(C)C=CC=O. The molecular weight excluding hydrogens is 148 g/mol. The van der Waals surface area contributed by atoms with Gasteiger partial charge >= 0.3 is 0 Å². The number of carbonyl (C=O) groups is 1. The fourth-order valence-electron chi connectivity index (χ4n) is 1.08. The molecule has 12 heavy (non-hydrogen) atoms. The fourth-order valence-corrected chi connectivity index (χ4v) is 1.08. The second-order valence-corrected chi connectivity index (χ2v) is 3.59. The van der Waals surface area contributed by atoms with Crippen LogP contribution in [-0.2, 0) is 4.79 Å². The van der Waals surface area contributed by atoms with E-state index in [4.69, 9.17) is 0 Å². The van der Waals surface area contributed by atoms with Gasteiger partial charge in [0.2, 0.25) is 0 Å². The van der Waals surface area contributed by atoms with Crippen LogP contribution in [-0.4, -0.2) is 6.29 Å². The Bertz CT molecular complexity index is 138. The third-order valence-corrected chi connectivity index (χ3v) is 2.33. The first-order chi connectivity index (χ1) is 5.70. The molecule has 0 aromatic heterocycles. The first-order valence-electron chi connectivity index (χ1n) is 4.82. The van der Waals surface area contributed by atoms with Crippen molar-refractivity contribution >= 4 is 6.29 Å². The summed E-state index contributed by atoms with van der Waals surface area (Å²) in [6.45, 7) is 6.65. The second-order valence-electron chi connectivity index (χ2n) is 3.59. The Morgan fingerprint density at radius 1 is 1.25 bits per heavy atom. The van der Waals surface area contributed by atoms with Crippen molar-refractivity contribution in [1.29, 1.82) is 0 Å². The highest BCUT2D eigenvalue weighted by atomic mass is 16.1. The number of allylic oxidation sites excluding steroid dienone is 2. The Kier molecular flexibility index (Phi) is 6.73. The highest BCUT2D eigenvalue weighted by Gasteiger charge is 2.01. The normalized spacial score (nSPS) is 16.2. The van der Waals surface area contributed by atoms with E-state index >= 15 is 0 Å². The van der Waals surface area contributed by atoms with Gasteiger partial charge in [0.1, 0.15) is 6.29 Å². The largest absolute Gasteiger partial charge is 0.299 e. The topological polar surface area (TPSA) is 17.1 Å². The molecule has 0 radical (unpaired) electrons. The molecule has 0 heterocycles. The maximum Gasteiger partial charge on any atom is 0.142 e. The van der Waals surface area contributed by atoms with E-state index in [9.17, 15) is 4.79 Å². The van der Waals surface area contributed by atoms with Crippen molar-refractivity contribution in [3.63, 3.8) is 0 Å². The lowest BCUT2D eigenvalue weighted by molar-refractivity contribution is -0.104. The van der Waals surface area contributed by atoms with Crippen LogP contribution in [0.5, 0.6) is 0 Å². The Morgan fingerprint density at radius 2 is 1.92 bits per heavy atom. The van der Waals surface area contributed by atoms with Crippen molar-refractivity contribution < 1.29 is 4.79 Å². The molecule has 0 spiro atoms. The Hall–Kier alpha value is -0.590. The maximum atomic E-state index is 10.0. The standard InChI is InChI=1S/C11H20O/c1-4-10(2)7-8-11(3)6-5-9-12/h5-6,9-11H,4,7-8H2,1-3H3. The molecule has 0 aliphatic rings. The van der Waals surface area contributed by atoms with Gasteiger partial charge < -0.3 is 0 Å². The molecule has 1 heteroatoms. The minimum absolute atomic E-state index is 0.546. The summed E-state index contributed by atoms with van der Waals surface area (Å²) in [5.41, 5.74) is 0. The van der Waals surface area contributed by atoms with Crippen LogP contribution >= 0.6 is 0 Å². The molecular formula is C11H20O. The van der Waals surface area contributed by atoms with Crippen LogP contribution in [0.2, 0.25) is 0 Å². The predicted octanol–water partition coefficient (Wildman–Crippen LogP) is 3.20. The van der Waals surface area contributed by atoms with Crippen molar-refractivity contribution in [2.24, 2.45) is 11.8 Å². The number of rotatable bonds is 6. The summed E-state index contributed by atoms with van der Waals surface area (Å²) in [6.07, 6.45) is 8.14. The molecule has 0 fully saturated rings. The van der Waals surface area contributed by atoms with Gasteiger partial charge in [0, 0.05) is 0 Å². The zero-order chi connectivity index (χ0) is 9.40. The summed E-state index contributed by atoms with van der Waals surface area (Å²) in [6, 6.07) is 0. The summed E-state index contributed by atoms with van der Waals surface area (Å²) in [4.78, 5) is 10.0. The summed E-state index contributed by atoms with van der Waals surface area (Å²) in [7, 11) is 0. The quantitative estimate of drug-likeness (QED) is 0.439. The highest BCUT2D eigenvalue weighted by Crippen LogP contribution is 2.15. The van der Waals surface area contributed by atoms with E-state index in [1.807, 2.05) is 6.08 Å². The molecule has 0 saturated carbocycles. The lowest BCUT2D eigenvalue weighted by atomic mass is 9.96. The molecule has 0 aromatic carbocycles. The van der Waals surface area contributed by atoms with Crippen LogP contribution in [0.3, 0.4) is 0 Å². The van der Waals surface area contributed by atoms with E-state index in [0.717, 1.165) is 12.2 Å². The molecule has 0 saturated heterocycles. The molecule has 0 aromatic rings. The zero-order valence-electron chi connectivity index (χ0n) is 8.42. The summed E-state index contributed by atoms with van der Waals surface area (Å²) in [5, 5.41) is 0. The van der Waals surface area contributed by atoms with Gasteiger partial charge in [0.25, 0.3) is 0 Å². The van der Waals surface area contributed by atoms with Gasteiger partial charge in [0.15, 0.2) is 0 Å². The van der Waals surface area contributed by atoms with E-state index in [1.54, 1.807) is 6.08 Å². The van der Waals surface area contributed by atoms with Crippen LogP contribution in [0, 0.1) is 11.8 Å². The molecule has 1 nitrogen and oxygen atoms in total. The van der Waals surface area contributed by atoms with Gasteiger partial charge in [-0.05, 0) is 24.3 Å². The molecule has 70 valence electrons. The van der Waals surface area contributed by atoms with Crippen LogP contribution in [0.4, 0.5) is 0 Å². The third-order valence-electron chi connectivity index (χ3n) is 2.33. The number of carbonyl (C=O) groups excluding carboxylic acids is 1. The van der Waals surface area contributed by atoms with Gasteiger partial charge in [-0.3, -0.25) is 4.79 Å². The van der Waals surface area contributed by atoms with Gasteiger partial charge in [-0.2, -0.15) is 0 Å². The fraction of sp³-hybridized carbons (Fsp3) is 0.727. The summed E-state index contributed by atoms with van der Waals surface area (Å²) < 4.78 is 0. The predicted molar refractivity (Wildman–Crippen MR) is 53.1 cm³/mol. The number of hydrogen-bond acceptors (Lipinski definition) is 1. The number of aldehydes is 1. The molecule has 0 N–H and O–H groups in total. The highest BCUT2D eigenvalue weighted by molar-refractivity contribution is 5.64. The molecule has 0 bridgehead atoms. The van der Waals surface area contributed by atoms with E-state index in [2.05, 4.69) is 20.8 Å². The third kappa shape index (κ3) is 6.14.